The first-order valence-electron chi connectivity index (χ1n) is 9.25. The fourth-order valence-electron chi connectivity index (χ4n) is 3.37. The predicted octanol–water partition coefficient (Wildman–Crippen LogP) is 3.56. The molecule has 0 spiro atoms. The lowest BCUT2D eigenvalue weighted by atomic mass is 9.99. The van der Waals surface area contributed by atoms with Crippen molar-refractivity contribution in [3.63, 3.8) is 0 Å². The van der Waals surface area contributed by atoms with Crippen LogP contribution in [0.3, 0.4) is 0 Å². The Morgan fingerprint density at radius 2 is 1.83 bits per heavy atom. The van der Waals surface area contributed by atoms with Crippen molar-refractivity contribution < 1.29 is 14.5 Å². The summed E-state index contributed by atoms with van der Waals surface area (Å²) in [7, 11) is 0. The van der Waals surface area contributed by atoms with Crippen LogP contribution in [-0.4, -0.2) is 29.8 Å². The number of carbonyl (C=O) groups excluding carboxylic acids is 2. The number of nitro benzene ring substituents is 1. The summed E-state index contributed by atoms with van der Waals surface area (Å²) >= 11 is 5.85. The number of nitro groups is 1. The molecule has 3 rings (SSSR count). The first-order chi connectivity index (χ1) is 13.8. The zero-order valence-electron chi connectivity index (χ0n) is 15.9. The molecule has 1 saturated heterocycles. The van der Waals surface area contributed by atoms with Gasteiger partial charge in [0.15, 0.2) is 0 Å². The molecule has 0 aliphatic carbocycles. The smallest absolute Gasteiger partial charge is 0.293 e. The molecule has 2 aromatic rings. The van der Waals surface area contributed by atoms with Crippen LogP contribution in [-0.2, 0) is 0 Å². The first kappa shape index (κ1) is 20.6. The molecule has 2 amide bonds. The number of hydrogen-bond donors (Lipinski definition) is 2. The van der Waals surface area contributed by atoms with Gasteiger partial charge in [0.05, 0.1) is 4.92 Å². The van der Waals surface area contributed by atoms with Crippen molar-refractivity contribution in [2.75, 3.05) is 18.0 Å². The maximum absolute atomic E-state index is 12.4. The van der Waals surface area contributed by atoms with Gasteiger partial charge < -0.3 is 4.90 Å². The van der Waals surface area contributed by atoms with E-state index < -0.39 is 16.7 Å². The molecule has 2 aromatic carbocycles. The second-order valence-electron chi connectivity index (χ2n) is 7.07. The summed E-state index contributed by atoms with van der Waals surface area (Å²) in [6.07, 6.45) is 2.06. The van der Waals surface area contributed by atoms with Crippen molar-refractivity contribution in [3.8, 4) is 0 Å². The number of hydrogen-bond acceptors (Lipinski definition) is 5. The van der Waals surface area contributed by atoms with Gasteiger partial charge in [0.1, 0.15) is 5.69 Å². The lowest BCUT2D eigenvalue weighted by molar-refractivity contribution is -0.384. The van der Waals surface area contributed by atoms with E-state index in [0.29, 0.717) is 16.6 Å². The van der Waals surface area contributed by atoms with Gasteiger partial charge in [-0.1, -0.05) is 24.6 Å². The molecule has 0 aromatic heterocycles. The third-order valence-corrected chi connectivity index (χ3v) is 5.04. The Labute approximate surface area is 173 Å². The molecule has 0 saturated carbocycles. The van der Waals surface area contributed by atoms with Gasteiger partial charge >= 0.3 is 0 Å². The molecule has 1 aliphatic rings. The lowest BCUT2D eigenvalue weighted by Crippen LogP contribution is -2.41. The van der Waals surface area contributed by atoms with Crippen LogP contribution in [0, 0.1) is 16.0 Å². The molecule has 8 nitrogen and oxygen atoms in total. The quantitative estimate of drug-likeness (QED) is 0.585. The summed E-state index contributed by atoms with van der Waals surface area (Å²) in [4.78, 5) is 37.5. The lowest BCUT2D eigenvalue weighted by Gasteiger charge is -2.32. The van der Waals surface area contributed by atoms with Crippen molar-refractivity contribution >= 4 is 34.8 Å². The van der Waals surface area contributed by atoms with E-state index in [9.17, 15) is 19.7 Å². The van der Waals surface area contributed by atoms with Gasteiger partial charge in [0, 0.05) is 35.3 Å². The molecule has 29 heavy (non-hydrogen) atoms. The molecule has 1 heterocycles. The maximum atomic E-state index is 12.4. The monoisotopic (exact) mass is 416 g/mol. The number of nitrogens with zero attached hydrogens (tertiary/aromatic N) is 2. The van der Waals surface area contributed by atoms with Gasteiger partial charge in [0.2, 0.25) is 0 Å². The van der Waals surface area contributed by atoms with Gasteiger partial charge in [0.25, 0.3) is 17.5 Å². The summed E-state index contributed by atoms with van der Waals surface area (Å²) in [5.41, 5.74) is 5.28. The number of nitrogens with one attached hydrogen (secondary N) is 2. The number of carbonyl (C=O) groups is 2. The first-order valence-corrected chi connectivity index (χ1v) is 9.62. The molecule has 2 N–H and O–H groups in total. The number of halogens is 1. The second kappa shape index (κ2) is 8.91. The van der Waals surface area contributed by atoms with E-state index in [2.05, 4.69) is 17.8 Å². The summed E-state index contributed by atoms with van der Waals surface area (Å²) in [5.74, 6) is -0.746. The highest BCUT2D eigenvalue weighted by Gasteiger charge is 2.25. The third-order valence-electron chi connectivity index (χ3n) is 4.81. The van der Waals surface area contributed by atoms with Crippen LogP contribution in [0.25, 0.3) is 0 Å². The van der Waals surface area contributed by atoms with Crippen LogP contribution in [0.15, 0.2) is 42.5 Å². The van der Waals surface area contributed by atoms with Crippen LogP contribution < -0.4 is 15.8 Å². The number of rotatable bonds is 4. The number of piperidine rings is 1. The number of hydrazine groups is 1. The molecule has 0 bridgehead atoms. The average molecular weight is 417 g/mol. The van der Waals surface area contributed by atoms with E-state index in [1.807, 2.05) is 4.90 Å². The van der Waals surface area contributed by atoms with E-state index in [4.69, 9.17) is 11.6 Å². The summed E-state index contributed by atoms with van der Waals surface area (Å²) in [6, 6.07) is 10.6. The van der Waals surface area contributed by atoms with E-state index >= 15 is 0 Å². The largest absolute Gasteiger partial charge is 0.366 e. The molecular formula is C20H21ClN4O4. The molecular weight excluding hydrogens is 396 g/mol. The standard InChI is InChI=1S/C20H21ClN4O4/c1-13-4-3-9-24(12-13)17-8-7-15(11-18(17)25(28)29)20(27)23-22-19(26)14-5-2-6-16(21)10-14/h2,5-8,10-11,13H,3-4,9,12H2,1H3,(H,22,26)(H,23,27)/t13-/m1/s1. The number of anilines is 1. The maximum Gasteiger partial charge on any atom is 0.293 e. The van der Waals surface area contributed by atoms with E-state index in [1.165, 1.54) is 18.2 Å². The predicted molar refractivity (Wildman–Crippen MR) is 110 cm³/mol. The fraction of sp³-hybridized carbons (Fsp3) is 0.300. The Hall–Kier alpha value is -3.13. The Morgan fingerprint density at radius 1 is 1.14 bits per heavy atom. The Bertz CT molecular complexity index is 950. The highest BCUT2D eigenvalue weighted by molar-refractivity contribution is 6.31. The summed E-state index contributed by atoms with van der Waals surface area (Å²) < 4.78 is 0. The Morgan fingerprint density at radius 3 is 2.45 bits per heavy atom. The van der Waals surface area contributed by atoms with Gasteiger partial charge in [-0.15, -0.1) is 0 Å². The number of benzene rings is 2. The summed E-state index contributed by atoms with van der Waals surface area (Å²) in [6.45, 7) is 3.59. The van der Waals surface area contributed by atoms with Crippen LogP contribution in [0.5, 0.6) is 0 Å². The van der Waals surface area contributed by atoms with Gasteiger partial charge in [-0.3, -0.25) is 30.6 Å². The SMILES string of the molecule is C[C@@H]1CCCN(c2ccc(C(=O)NNC(=O)c3cccc(Cl)c3)cc2[N+](=O)[O-])C1. The third kappa shape index (κ3) is 5.03. The van der Waals surface area contributed by atoms with Crippen molar-refractivity contribution in [2.45, 2.75) is 19.8 Å². The minimum atomic E-state index is -0.651. The Kier molecular flexibility index (Phi) is 6.33. The minimum absolute atomic E-state index is 0.0805. The van der Waals surface area contributed by atoms with Crippen molar-refractivity contribution in [3.05, 3.63) is 68.7 Å². The molecule has 0 unspecified atom stereocenters. The van der Waals surface area contributed by atoms with E-state index in [-0.39, 0.29) is 16.8 Å². The zero-order chi connectivity index (χ0) is 21.0. The highest BCUT2D eigenvalue weighted by Crippen LogP contribution is 2.32. The van der Waals surface area contributed by atoms with E-state index in [1.54, 1.807) is 24.3 Å². The summed E-state index contributed by atoms with van der Waals surface area (Å²) in [5, 5.41) is 12.0. The second-order valence-corrected chi connectivity index (χ2v) is 7.51. The Balaban J connectivity index is 1.73. The normalized spacial score (nSPS) is 16.2. The highest BCUT2D eigenvalue weighted by atomic mass is 35.5. The molecule has 152 valence electrons. The van der Waals surface area contributed by atoms with Crippen LogP contribution in [0.4, 0.5) is 11.4 Å². The van der Waals surface area contributed by atoms with Gasteiger partial charge in [-0.05, 0) is 49.1 Å². The zero-order valence-corrected chi connectivity index (χ0v) is 16.6. The van der Waals surface area contributed by atoms with Crippen molar-refractivity contribution in [1.82, 2.24) is 10.9 Å². The van der Waals surface area contributed by atoms with Crippen molar-refractivity contribution in [1.29, 1.82) is 0 Å². The van der Waals surface area contributed by atoms with E-state index in [0.717, 1.165) is 25.9 Å². The van der Waals surface area contributed by atoms with Crippen LogP contribution in [0.2, 0.25) is 5.02 Å². The van der Waals surface area contributed by atoms with Crippen LogP contribution >= 0.6 is 11.6 Å². The average Bonchev–Trinajstić information content (AvgIpc) is 2.71. The van der Waals surface area contributed by atoms with Gasteiger partial charge in [-0.2, -0.15) is 0 Å². The molecule has 1 aliphatic heterocycles. The molecule has 0 radical (unpaired) electrons. The van der Waals surface area contributed by atoms with Crippen LogP contribution in [0.1, 0.15) is 40.5 Å². The fourth-order valence-corrected chi connectivity index (χ4v) is 3.56. The van der Waals surface area contributed by atoms with Crippen molar-refractivity contribution in [2.24, 2.45) is 5.92 Å². The molecule has 9 heteroatoms. The molecule has 1 fully saturated rings. The minimum Gasteiger partial charge on any atom is -0.366 e. The van der Waals surface area contributed by atoms with Gasteiger partial charge in [-0.25, -0.2) is 0 Å². The number of amides is 2. The topological polar surface area (TPSA) is 105 Å². The molecule has 1 atom stereocenters.